The first-order chi connectivity index (χ1) is 7.55. The minimum Gasteiger partial charge on any atom is -0.383 e. The van der Waals surface area contributed by atoms with E-state index >= 15 is 0 Å². The van der Waals surface area contributed by atoms with Crippen LogP contribution in [0.5, 0.6) is 0 Å². The normalized spacial score (nSPS) is 28.6. The zero-order chi connectivity index (χ0) is 11.8. The maximum absolute atomic E-state index is 11.9. The average Bonchev–Trinajstić information content (AvgIpc) is 2.26. The second-order valence-corrected chi connectivity index (χ2v) is 4.25. The minimum atomic E-state index is -1.35. The van der Waals surface area contributed by atoms with Crippen LogP contribution >= 0.6 is 24.0 Å². The zero-order valence-corrected chi connectivity index (χ0v) is 10.5. The number of benzene rings is 1. The molecule has 2 unspecified atom stereocenters. The smallest absolute Gasteiger partial charge is 0.190 e. The molecule has 0 aliphatic carbocycles. The van der Waals surface area contributed by atoms with Crippen molar-refractivity contribution in [1.82, 2.24) is 0 Å². The number of nitrogens with two attached hydrogens (primary N) is 1. The SMILES string of the molecule is Cl.NC1(c2ccccc2Cl)COCC(O)C1=O. The predicted molar refractivity (Wildman–Crippen MR) is 66.4 cm³/mol. The quantitative estimate of drug-likeness (QED) is 0.799. The Kier molecular flexibility index (Phi) is 4.52. The van der Waals surface area contributed by atoms with Crippen LogP contribution in [0.3, 0.4) is 0 Å². The summed E-state index contributed by atoms with van der Waals surface area (Å²) < 4.78 is 5.12. The summed E-state index contributed by atoms with van der Waals surface area (Å²) in [6.07, 6.45) is -1.19. The Morgan fingerprint density at radius 1 is 1.47 bits per heavy atom. The van der Waals surface area contributed by atoms with Gasteiger partial charge in [-0.3, -0.25) is 4.79 Å². The summed E-state index contributed by atoms with van der Waals surface area (Å²) in [4.78, 5) is 11.9. The van der Waals surface area contributed by atoms with Gasteiger partial charge in [0.1, 0.15) is 11.6 Å². The van der Waals surface area contributed by atoms with E-state index in [0.717, 1.165) is 0 Å². The van der Waals surface area contributed by atoms with Crippen molar-refractivity contribution in [2.24, 2.45) is 5.73 Å². The molecule has 17 heavy (non-hydrogen) atoms. The Balaban J connectivity index is 0.00000144. The van der Waals surface area contributed by atoms with Gasteiger partial charge in [0, 0.05) is 10.6 Å². The number of aliphatic hydroxyl groups excluding tert-OH is 1. The molecule has 1 aliphatic heterocycles. The van der Waals surface area contributed by atoms with Crippen LogP contribution in [0, 0.1) is 0 Å². The Hall–Kier alpha value is -0.650. The number of ketones is 1. The van der Waals surface area contributed by atoms with Crippen LogP contribution in [-0.4, -0.2) is 30.2 Å². The number of rotatable bonds is 1. The highest BCUT2D eigenvalue weighted by molar-refractivity contribution is 6.31. The molecular formula is C11H13Cl2NO3. The van der Waals surface area contributed by atoms with Gasteiger partial charge in [-0.05, 0) is 6.07 Å². The molecule has 0 bridgehead atoms. The molecule has 1 aromatic rings. The fourth-order valence-corrected chi connectivity index (χ4v) is 2.11. The fourth-order valence-electron chi connectivity index (χ4n) is 1.81. The van der Waals surface area contributed by atoms with Gasteiger partial charge in [-0.1, -0.05) is 29.8 Å². The molecule has 1 aliphatic rings. The Bertz CT molecular complexity index is 427. The van der Waals surface area contributed by atoms with Crippen LogP contribution < -0.4 is 5.73 Å². The van der Waals surface area contributed by atoms with E-state index < -0.39 is 17.4 Å². The molecule has 3 N–H and O–H groups in total. The van der Waals surface area contributed by atoms with Crippen molar-refractivity contribution in [3.05, 3.63) is 34.9 Å². The van der Waals surface area contributed by atoms with Crippen molar-refractivity contribution in [1.29, 1.82) is 0 Å². The number of carbonyl (C=O) groups excluding carboxylic acids is 1. The Morgan fingerprint density at radius 2 is 2.12 bits per heavy atom. The summed E-state index contributed by atoms with van der Waals surface area (Å²) in [5.74, 6) is -0.452. The number of carbonyl (C=O) groups is 1. The topological polar surface area (TPSA) is 72.6 Å². The van der Waals surface area contributed by atoms with Gasteiger partial charge in [-0.15, -0.1) is 12.4 Å². The number of ether oxygens (including phenoxy) is 1. The van der Waals surface area contributed by atoms with Crippen molar-refractivity contribution in [2.45, 2.75) is 11.6 Å². The summed E-state index contributed by atoms with van der Waals surface area (Å²) in [6, 6.07) is 6.81. The van der Waals surface area contributed by atoms with Gasteiger partial charge in [-0.25, -0.2) is 0 Å². The lowest BCUT2D eigenvalue weighted by atomic mass is 9.83. The zero-order valence-electron chi connectivity index (χ0n) is 8.93. The highest BCUT2D eigenvalue weighted by Crippen LogP contribution is 2.30. The molecule has 4 nitrogen and oxygen atoms in total. The van der Waals surface area contributed by atoms with Crippen molar-refractivity contribution in [2.75, 3.05) is 13.2 Å². The number of halogens is 2. The molecule has 0 spiro atoms. The van der Waals surface area contributed by atoms with Crippen molar-refractivity contribution in [3.63, 3.8) is 0 Å². The van der Waals surface area contributed by atoms with Crippen LogP contribution in [0.15, 0.2) is 24.3 Å². The van der Waals surface area contributed by atoms with Crippen molar-refractivity contribution in [3.8, 4) is 0 Å². The third-order valence-corrected chi connectivity index (χ3v) is 3.03. The van der Waals surface area contributed by atoms with E-state index in [1.165, 1.54) is 0 Å². The first-order valence-corrected chi connectivity index (χ1v) is 5.27. The molecule has 94 valence electrons. The molecule has 0 radical (unpaired) electrons. The first kappa shape index (κ1) is 14.4. The summed E-state index contributed by atoms with van der Waals surface area (Å²) in [5.41, 5.74) is 5.13. The van der Waals surface area contributed by atoms with Crippen LogP contribution in [-0.2, 0) is 15.1 Å². The molecule has 6 heteroatoms. The molecule has 0 aromatic heterocycles. The Labute approximate surface area is 110 Å². The lowest BCUT2D eigenvalue weighted by Crippen LogP contribution is -2.58. The van der Waals surface area contributed by atoms with Gasteiger partial charge in [0.15, 0.2) is 5.78 Å². The summed E-state index contributed by atoms with van der Waals surface area (Å²) in [7, 11) is 0. The van der Waals surface area contributed by atoms with E-state index in [2.05, 4.69) is 0 Å². The number of aliphatic hydroxyl groups is 1. The van der Waals surface area contributed by atoms with E-state index in [4.69, 9.17) is 22.1 Å². The van der Waals surface area contributed by atoms with E-state index in [1.54, 1.807) is 24.3 Å². The second-order valence-electron chi connectivity index (χ2n) is 3.85. The molecule has 1 heterocycles. The molecular weight excluding hydrogens is 265 g/mol. The summed E-state index contributed by atoms with van der Waals surface area (Å²) >= 11 is 5.99. The maximum atomic E-state index is 11.9. The van der Waals surface area contributed by atoms with Crippen molar-refractivity contribution < 1.29 is 14.6 Å². The van der Waals surface area contributed by atoms with Crippen LogP contribution in [0.2, 0.25) is 5.02 Å². The molecule has 0 saturated carbocycles. The summed E-state index contributed by atoms with van der Waals surface area (Å²) in [6.45, 7) is 0.0227. The Morgan fingerprint density at radius 3 is 2.76 bits per heavy atom. The molecule has 1 saturated heterocycles. The first-order valence-electron chi connectivity index (χ1n) is 4.90. The van der Waals surface area contributed by atoms with Gasteiger partial charge < -0.3 is 15.6 Å². The standard InChI is InChI=1S/C11H12ClNO3.ClH/c12-8-4-2-1-3-7(8)11(13)6-16-5-9(14)10(11)15;/h1-4,9,14H,5-6,13H2;1H. The largest absolute Gasteiger partial charge is 0.383 e. The minimum absolute atomic E-state index is 0. The number of hydrogen-bond acceptors (Lipinski definition) is 4. The van der Waals surface area contributed by atoms with Gasteiger partial charge in [0.05, 0.1) is 13.2 Å². The van der Waals surface area contributed by atoms with E-state index in [-0.39, 0.29) is 25.6 Å². The predicted octanol–water partition coefficient (Wildman–Crippen LogP) is 0.876. The molecule has 2 atom stereocenters. The lowest BCUT2D eigenvalue weighted by Gasteiger charge is -2.35. The van der Waals surface area contributed by atoms with E-state index in [9.17, 15) is 9.90 Å². The molecule has 0 amide bonds. The second kappa shape index (κ2) is 5.33. The van der Waals surface area contributed by atoms with Gasteiger partial charge in [-0.2, -0.15) is 0 Å². The van der Waals surface area contributed by atoms with Crippen LogP contribution in [0.1, 0.15) is 5.56 Å². The molecule has 1 fully saturated rings. The monoisotopic (exact) mass is 277 g/mol. The highest BCUT2D eigenvalue weighted by atomic mass is 35.5. The van der Waals surface area contributed by atoms with E-state index in [1.807, 2.05) is 0 Å². The van der Waals surface area contributed by atoms with Gasteiger partial charge in [0.25, 0.3) is 0 Å². The molecule has 1 aromatic carbocycles. The molecule has 2 rings (SSSR count). The van der Waals surface area contributed by atoms with Crippen molar-refractivity contribution >= 4 is 29.8 Å². The van der Waals surface area contributed by atoms with Gasteiger partial charge in [0.2, 0.25) is 0 Å². The fraction of sp³-hybridized carbons (Fsp3) is 0.364. The maximum Gasteiger partial charge on any atom is 0.190 e. The average molecular weight is 278 g/mol. The lowest BCUT2D eigenvalue weighted by molar-refractivity contribution is -0.147. The highest BCUT2D eigenvalue weighted by Gasteiger charge is 2.44. The number of Topliss-reactive ketones (excluding diaryl/α,β-unsaturated/α-hetero) is 1. The van der Waals surface area contributed by atoms with Crippen LogP contribution in [0.4, 0.5) is 0 Å². The number of hydrogen-bond donors (Lipinski definition) is 2. The van der Waals surface area contributed by atoms with E-state index in [0.29, 0.717) is 10.6 Å². The summed E-state index contributed by atoms with van der Waals surface area (Å²) in [5, 5.41) is 9.87. The third kappa shape index (κ3) is 2.46. The van der Waals surface area contributed by atoms with Crippen LogP contribution in [0.25, 0.3) is 0 Å². The van der Waals surface area contributed by atoms with Gasteiger partial charge >= 0.3 is 0 Å². The third-order valence-electron chi connectivity index (χ3n) is 2.70.